The second kappa shape index (κ2) is 7.70. The lowest BCUT2D eigenvalue weighted by Gasteiger charge is -2.10. The molecule has 0 bridgehead atoms. The van der Waals surface area contributed by atoms with Gasteiger partial charge in [-0.15, -0.1) is 11.3 Å². The fourth-order valence-electron chi connectivity index (χ4n) is 2.17. The van der Waals surface area contributed by atoms with E-state index >= 15 is 0 Å². The van der Waals surface area contributed by atoms with E-state index in [1.807, 2.05) is 35.7 Å². The van der Waals surface area contributed by atoms with Crippen LogP contribution in [0.5, 0.6) is 11.5 Å². The number of furan rings is 1. The van der Waals surface area contributed by atoms with E-state index in [0.717, 1.165) is 16.0 Å². The molecule has 0 atom stereocenters. The van der Waals surface area contributed by atoms with Crippen molar-refractivity contribution in [3.63, 3.8) is 0 Å². The van der Waals surface area contributed by atoms with Gasteiger partial charge in [-0.25, -0.2) is 0 Å². The lowest BCUT2D eigenvalue weighted by Crippen LogP contribution is -2.28. The summed E-state index contributed by atoms with van der Waals surface area (Å²) in [5.74, 6) is 1.05. The highest BCUT2D eigenvalue weighted by Gasteiger charge is 2.08. The molecule has 6 heteroatoms. The number of amides is 1. The molecule has 5 nitrogen and oxygen atoms in total. The molecular weight excluding hydrogens is 326 g/mol. The largest absolute Gasteiger partial charge is 0.497 e. The fraction of sp³-hybridized carbons (Fsp3) is 0.167. The minimum Gasteiger partial charge on any atom is -0.497 e. The van der Waals surface area contributed by atoms with Crippen LogP contribution in [-0.4, -0.2) is 19.6 Å². The summed E-state index contributed by atoms with van der Waals surface area (Å²) in [6.45, 7) is 0.460. The van der Waals surface area contributed by atoms with Crippen molar-refractivity contribution in [3.05, 3.63) is 59.2 Å². The maximum absolute atomic E-state index is 11.9. The molecular formula is C18H17NO4S. The maximum atomic E-state index is 11.9. The summed E-state index contributed by atoms with van der Waals surface area (Å²) in [6.07, 6.45) is 3.25. The van der Waals surface area contributed by atoms with Gasteiger partial charge in [-0.05, 0) is 35.2 Å². The van der Waals surface area contributed by atoms with E-state index in [9.17, 15) is 4.79 Å². The molecule has 1 N–H and O–H groups in total. The van der Waals surface area contributed by atoms with E-state index in [4.69, 9.17) is 13.9 Å². The standard InChI is InChI=1S/C18H17NO4S/c1-21-15-7-14(13-4-5-22-11-13)8-16(9-15)23-12-18(20)19-10-17-3-2-6-24-17/h2-9,11H,10,12H2,1H3,(H,19,20). The van der Waals surface area contributed by atoms with Crippen LogP contribution in [0, 0.1) is 0 Å². The molecule has 0 aliphatic rings. The molecule has 0 saturated carbocycles. The number of hydrogen-bond acceptors (Lipinski definition) is 5. The van der Waals surface area contributed by atoms with Crippen molar-refractivity contribution in [2.45, 2.75) is 6.54 Å². The first-order valence-electron chi connectivity index (χ1n) is 7.38. The van der Waals surface area contributed by atoms with Crippen LogP contribution < -0.4 is 14.8 Å². The van der Waals surface area contributed by atoms with Crippen molar-refractivity contribution in [2.24, 2.45) is 0 Å². The van der Waals surface area contributed by atoms with Crippen molar-refractivity contribution in [3.8, 4) is 22.6 Å². The van der Waals surface area contributed by atoms with Gasteiger partial charge in [-0.3, -0.25) is 4.79 Å². The van der Waals surface area contributed by atoms with Crippen LogP contribution in [0.4, 0.5) is 0 Å². The highest BCUT2D eigenvalue weighted by Crippen LogP contribution is 2.30. The monoisotopic (exact) mass is 343 g/mol. The van der Waals surface area contributed by atoms with Gasteiger partial charge < -0.3 is 19.2 Å². The number of benzene rings is 1. The number of carbonyl (C=O) groups is 1. The predicted octanol–water partition coefficient (Wildman–Crippen LogP) is 3.71. The van der Waals surface area contributed by atoms with E-state index < -0.39 is 0 Å². The molecule has 0 saturated heterocycles. The van der Waals surface area contributed by atoms with Crippen LogP contribution >= 0.6 is 11.3 Å². The SMILES string of the molecule is COc1cc(OCC(=O)NCc2cccs2)cc(-c2ccoc2)c1. The molecule has 124 valence electrons. The normalized spacial score (nSPS) is 10.4. The molecule has 0 fully saturated rings. The highest BCUT2D eigenvalue weighted by atomic mass is 32.1. The zero-order valence-corrected chi connectivity index (χ0v) is 14.0. The van der Waals surface area contributed by atoms with Crippen molar-refractivity contribution < 1.29 is 18.7 Å². The van der Waals surface area contributed by atoms with Crippen molar-refractivity contribution in [1.82, 2.24) is 5.32 Å². The summed E-state index contributed by atoms with van der Waals surface area (Å²) in [5.41, 5.74) is 1.82. The Labute approximate surface area is 143 Å². The summed E-state index contributed by atoms with van der Waals surface area (Å²) < 4.78 is 16.0. The van der Waals surface area contributed by atoms with E-state index in [2.05, 4.69) is 5.32 Å². The third-order valence-corrected chi connectivity index (χ3v) is 4.26. The van der Waals surface area contributed by atoms with E-state index in [0.29, 0.717) is 18.0 Å². The summed E-state index contributed by atoms with van der Waals surface area (Å²) in [7, 11) is 1.59. The van der Waals surface area contributed by atoms with E-state index in [1.54, 1.807) is 37.0 Å². The van der Waals surface area contributed by atoms with Gasteiger partial charge >= 0.3 is 0 Å². The van der Waals surface area contributed by atoms with E-state index in [-0.39, 0.29) is 12.5 Å². The smallest absolute Gasteiger partial charge is 0.258 e. The Morgan fingerprint density at radius 2 is 2.08 bits per heavy atom. The first-order valence-corrected chi connectivity index (χ1v) is 8.26. The number of ether oxygens (including phenoxy) is 2. The highest BCUT2D eigenvalue weighted by molar-refractivity contribution is 7.09. The van der Waals surface area contributed by atoms with Gasteiger partial charge in [0, 0.05) is 16.5 Å². The number of hydrogen-bond donors (Lipinski definition) is 1. The fourth-order valence-corrected chi connectivity index (χ4v) is 2.81. The van der Waals surface area contributed by atoms with Crippen LogP contribution in [0.2, 0.25) is 0 Å². The molecule has 0 aliphatic heterocycles. The van der Waals surface area contributed by atoms with Gasteiger partial charge in [0.25, 0.3) is 5.91 Å². The molecule has 0 unspecified atom stereocenters. The lowest BCUT2D eigenvalue weighted by molar-refractivity contribution is -0.123. The lowest BCUT2D eigenvalue weighted by atomic mass is 10.1. The third-order valence-electron chi connectivity index (χ3n) is 3.38. The molecule has 2 aromatic heterocycles. The van der Waals surface area contributed by atoms with Gasteiger partial charge in [0.15, 0.2) is 6.61 Å². The van der Waals surface area contributed by atoms with Crippen LogP contribution in [0.3, 0.4) is 0 Å². The Morgan fingerprint density at radius 1 is 1.21 bits per heavy atom. The molecule has 2 heterocycles. The predicted molar refractivity (Wildman–Crippen MR) is 92.4 cm³/mol. The number of nitrogens with one attached hydrogen (secondary N) is 1. The van der Waals surface area contributed by atoms with Crippen LogP contribution in [0.25, 0.3) is 11.1 Å². The average molecular weight is 343 g/mol. The summed E-state index contributed by atoms with van der Waals surface area (Å²) in [6, 6.07) is 11.3. The summed E-state index contributed by atoms with van der Waals surface area (Å²) >= 11 is 1.60. The molecule has 24 heavy (non-hydrogen) atoms. The molecule has 0 radical (unpaired) electrons. The molecule has 1 amide bonds. The van der Waals surface area contributed by atoms with Crippen LogP contribution in [-0.2, 0) is 11.3 Å². The Balaban J connectivity index is 1.61. The molecule has 3 rings (SSSR count). The topological polar surface area (TPSA) is 60.7 Å². The molecule has 0 aliphatic carbocycles. The quantitative estimate of drug-likeness (QED) is 0.710. The minimum atomic E-state index is -0.170. The van der Waals surface area contributed by atoms with Gasteiger partial charge in [0.1, 0.15) is 11.5 Å². The number of rotatable bonds is 7. The first-order chi connectivity index (χ1) is 11.7. The van der Waals surface area contributed by atoms with Crippen LogP contribution in [0.15, 0.2) is 58.7 Å². The van der Waals surface area contributed by atoms with Gasteiger partial charge in [0.05, 0.1) is 26.2 Å². The molecule has 3 aromatic rings. The van der Waals surface area contributed by atoms with Crippen molar-refractivity contribution in [2.75, 3.05) is 13.7 Å². The Hall–Kier alpha value is -2.73. The van der Waals surface area contributed by atoms with Crippen molar-refractivity contribution in [1.29, 1.82) is 0 Å². The Morgan fingerprint density at radius 3 is 2.79 bits per heavy atom. The van der Waals surface area contributed by atoms with Gasteiger partial charge in [-0.2, -0.15) is 0 Å². The minimum absolute atomic E-state index is 0.0522. The molecule has 0 spiro atoms. The number of methoxy groups -OCH3 is 1. The van der Waals surface area contributed by atoms with Crippen molar-refractivity contribution >= 4 is 17.2 Å². The second-order valence-electron chi connectivity index (χ2n) is 5.05. The summed E-state index contributed by atoms with van der Waals surface area (Å²) in [5, 5.41) is 4.80. The molecule has 1 aromatic carbocycles. The Bertz CT molecular complexity index is 781. The zero-order valence-electron chi connectivity index (χ0n) is 13.2. The van der Waals surface area contributed by atoms with E-state index in [1.165, 1.54) is 0 Å². The third kappa shape index (κ3) is 4.17. The first kappa shape index (κ1) is 16.1. The zero-order chi connectivity index (χ0) is 16.8. The maximum Gasteiger partial charge on any atom is 0.258 e. The average Bonchev–Trinajstić information content (AvgIpc) is 3.31. The number of thiophene rings is 1. The Kier molecular flexibility index (Phi) is 5.18. The van der Waals surface area contributed by atoms with Gasteiger partial charge in [0.2, 0.25) is 0 Å². The van der Waals surface area contributed by atoms with Crippen LogP contribution in [0.1, 0.15) is 4.88 Å². The summed E-state index contributed by atoms with van der Waals surface area (Å²) in [4.78, 5) is 13.0. The second-order valence-corrected chi connectivity index (χ2v) is 6.09. The van der Waals surface area contributed by atoms with Gasteiger partial charge in [-0.1, -0.05) is 6.07 Å². The number of carbonyl (C=O) groups excluding carboxylic acids is 1.